The lowest BCUT2D eigenvalue weighted by Crippen LogP contribution is -2.12. The van der Waals surface area contributed by atoms with Crippen LogP contribution in [0.15, 0.2) is 18.2 Å². The maximum Gasteiger partial charge on any atom is 0.112 e. The summed E-state index contributed by atoms with van der Waals surface area (Å²) in [6.07, 6.45) is 0. The van der Waals surface area contributed by atoms with E-state index in [1.165, 1.54) is 0 Å². The number of aromatic amines is 1. The van der Waals surface area contributed by atoms with Crippen molar-refractivity contribution in [2.45, 2.75) is 32.8 Å². The molecule has 0 bridgehead atoms. The molecule has 86 valence electrons. The maximum atomic E-state index is 5.05. The van der Waals surface area contributed by atoms with Crippen molar-refractivity contribution in [1.82, 2.24) is 9.97 Å². The first kappa shape index (κ1) is 11.1. The fourth-order valence-corrected chi connectivity index (χ4v) is 1.60. The highest BCUT2D eigenvalue weighted by molar-refractivity contribution is 5.76. The molecule has 3 N–H and O–H groups in total. The summed E-state index contributed by atoms with van der Waals surface area (Å²) in [5.41, 5.74) is 3.08. The summed E-state index contributed by atoms with van der Waals surface area (Å²) in [5.74, 6) is 6.05. The monoisotopic (exact) mass is 219 g/mol. The quantitative estimate of drug-likeness (QED) is 0.761. The Kier molecular flexibility index (Phi) is 2.69. The molecule has 1 aromatic carbocycles. The molecule has 1 aromatic heterocycles. The van der Waals surface area contributed by atoms with Gasteiger partial charge in [0.15, 0.2) is 0 Å². The first-order valence-electron chi connectivity index (χ1n) is 5.31. The smallest absolute Gasteiger partial charge is 0.112 e. The number of hydrogen-bond acceptors (Lipinski definition) is 3. The Labute approximate surface area is 94.8 Å². The lowest BCUT2D eigenvalue weighted by molar-refractivity contribution is 0.124. The molecule has 0 atom stereocenters. The first-order valence-corrected chi connectivity index (χ1v) is 5.31. The van der Waals surface area contributed by atoms with Gasteiger partial charge in [-0.1, -0.05) is 26.8 Å². The average Bonchev–Trinajstić information content (AvgIpc) is 2.60. The van der Waals surface area contributed by atoms with Gasteiger partial charge in [-0.15, -0.1) is 0 Å². The van der Waals surface area contributed by atoms with Gasteiger partial charge in [0.05, 0.1) is 17.6 Å². The van der Waals surface area contributed by atoms with Crippen molar-refractivity contribution in [3.63, 3.8) is 0 Å². The normalized spacial score (nSPS) is 12.2. The molecule has 4 nitrogen and oxygen atoms in total. The maximum absolute atomic E-state index is 5.05. The highest BCUT2D eigenvalue weighted by Crippen LogP contribution is 2.23. The SMILES string of the molecule is CC(C)(C)c1nc2ccc(CON)cc2[nH]1. The molecular formula is C12H17N3O. The van der Waals surface area contributed by atoms with E-state index in [0.29, 0.717) is 6.61 Å². The minimum atomic E-state index is 0.0313. The van der Waals surface area contributed by atoms with Crippen LogP contribution >= 0.6 is 0 Å². The van der Waals surface area contributed by atoms with Crippen LogP contribution in [0.2, 0.25) is 0 Å². The van der Waals surface area contributed by atoms with Crippen molar-refractivity contribution in [3.05, 3.63) is 29.6 Å². The van der Waals surface area contributed by atoms with Crippen LogP contribution in [0.4, 0.5) is 0 Å². The lowest BCUT2D eigenvalue weighted by atomic mass is 9.96. The van der Waals surface area contributed by atoms with Gasteiger partial charge < -0.3 is 4.98 Å². The van der Waals surface area contributed by atoms with Crippen molar-refractivity contribution in [2.24, 2.45) is 5.90 Å². The van der Waals surface area contributed by atoms with Gasteiger partial charge in [-0.2, -0.15) is 0 Å². The van der Waals surface area contributed by atoms with Crippen LogP contribution in [-0.4, -0.2) is 9.97 Å². The number of benzene rings is 1. The van der Waals surface area contributed by atoms with Gasteiger partial charge in [-0.25, -0.2) is 10.9 Å². The molecule has 16 heavy (non-hydrogen) atoms. The standard InChI is InChI=1S/C12H17N3O/c1-12(2,3)11-14-9-5-4-8(7-16-13)6-10(9)15-11/h4-6H,7,13H2,1-3H3,(H,14,15). The molecule has 0 unspecified atom stereocenters. The molecular weight excluding hydrogens is 202 g/mol. The zero-order valence-electron chi connectivity index (χ0n) is 9.87. The average molecular weight is 219 g/mol. The molecule has 2 rings (SSSR count). The van der Waals surface area contributed by atoms with Gasteiger partial charge >= 0.3 is 0 Å². The van der Waals surface area contributed by atoms with Gasteiger partial charge in [0.25, 0.3) is 0 Å². The Morgan fingerprint density at radius 2 is 2.12 bits per heavy atom. The van der Waals surface area contributed by atoms with Crippen LogP contribution < -0.4 is 5.90 Å². The molecule has 0 spiro atoms. The predicted molar refractivity (Wildman–Crippen MR) is 63.8 cm³/mol. The van der Waals surface area contributed by atoms with E-state index in [9.17, 15) is 0 Å². The number of nitrogens with two attached hydrogens (primary N) is 1. The van der Waals surface area contributed by atoms with Gasteiger partial charge in [-0.3, -0.25) is 4.84 Å². The number of nitrogens with zero attached hydrogens (tertiary/aromatic N) is 1. The summed E-state index contributed by atoms with van der Waals surface area (Å²) in [5, 5.41) is 0. The van der Waals surface area contributed by atoms with Crippen molar-refractivity contribution >= 4 is 11.0 Å². The fourth-order valence-electron chi connectivity index (χ4n) is 1.60. The van der Waals surface area contributed by atoms with Crippen LogP contribution in [0.3, 0.4) is 0 Å². The van der Waals surface area contributed by atoms with Gasteiger partial charge in [0.1, 0.15) is 5.82 Å². The Morgan fingerprint density at radius 1 is 1.38 bits per heavy atom. The summed E-state index contributed by atoms with van der Waals surface area (Å²) >= 11 is 0. The molecule has 0 aliphatic carbocycles. The second-order valence-corrected chi connectivity index (χ2v) is 5.00. The van der Waals surface area contributed by atoms with E-state index >= 15 is 0 Å². The van der Waals surface area contributed by atoms with E-state index in [0.717, 1.165) is 22.4 Å². The predicted octanol–water partition coefficient (Wildman–Crippen LogP) is 2.25. The molecule has 1 heterocycles. The highest BCUT2D eigenvalue weighted by Gasteiger charge is 2.18. The molecule has 4 heteroatoms. The van der Waals surface area contributed by atoms with E-state index in [-0.39, 0.29) is 5.41 Å². The number of nitrogens with one attached hydrogen (secondary N) is 1. The second-order valence-electron chi connectivity index (χ2n) is 5.00. The van der Waals surface area contributed by atoms with E-state index in [4.69, 9.17) is 5.90 Å². The van der Waals surface area contributed by atoms with Gasteiger partial charge in [-0.05, 0) is 17.7 Å². The van der Waals surface area contributed by atoms with Gasteiger partial charge in [0, 0.05) is 5.41 Å². The summed E-state index contributed by atoms with van der Waals surface area (Å²) < 4.78 is 0. The topological polar surface area (TPSA) is 63.9 Å². The number of H-pyrrole nitrogens is 1. The Bertz CT molecular complexity index is 496. The summed E-state index contributed by atoms with van der Waals surface area (Å²) in [4.78, 5) is 12.5. The molecule has 0 fully saturated rings. The third kappa shape index (κ3) is 2.08. The largest absolute Gasteiger partial charge is 0.342 e. The van der Waals surface area contributed by atoms with E-state index in [1.807, 2.05) is 18.2 Å². The second kappa shape index (κ2) is 3.88. The van der Waals surface area contributed by atoms with Crippen LogP contribution in [0, 0.1) is 0 Å². The summed E-state index contributed by atoms with van der Waals surface area (Å²) in [6.45, 7) is 6.82. The number of aromatic nitrogens is 2. The number of hydrogen-bond donors (Lipinski definition) is 2. The minimum absolute atomic E-state index is 0.0313. The van der Waals surface area contributed by atoms with E-state index in [1.54, 1.807) is 0 Å². The lowest BCUT2D eigenvalue weighted by Gasteiger charge is -2.13. The first-order chi connectivity index (χ1) is 7.50. The molecule has 0 aliphatic rings. The third-order valence-corrected chi connectivity index (χ3v) is 2.51. The summed E-state index contributed by atoms with van der Waals surface area (Å²) in [6, 6.07) is 5.97. The molecule has 0 saturated heterocycles. The van der Waals surface area contributed by atoms with Crippen molar-refractivity contribution in [3.8, 4) is 0 Å². The number of imidazole rings is 1. The highest BCUT2D eigenvalue weighted by atomic mass is 16.6. The molecule has 0 saturated carbocycles. The summed E-state index contributed by atoms with van der Waals surface area (Å²) in [7, 11) is 0. The van der Waals surface area contributed by atoms with E-state index < -0.39 is 0 Å². The number of rotatable bonds is 2. The Hall–Kier alpha value is -1.39. The molecule has 2 aromatic rings. The zero-order valence-corrected chi connectivity index (χ0v) is 9.87. The van der Waals surface area contributed by atoms with Crippen LogP contribution in [0.5, 0.6) is 0 Å². The van der Waals surface area contributed by atoms with Crippen molar-refractivity contribution < 1.29 is 4.84 Å². The fraction of sp³-hybridized carbons (Fsp3) is 0.417. The van der Waals surface area contributed by atoms with Gasteiger partial charge in [0.2, 0.25) is 0 Å². The molecule has 0 aliphatic heterocycles. The Morgan fingerprint density at radius 3 is 2.75 bits per heavy atom. The number of fused-ring (bicyclic) bond motifs is 1. The van der Waals surface area contributed by atoms with Crippen molar-refractivity contribution in [1.29, 1.82) is 0 Å². The van der Waals surface area contributed by atoms with Crippen LogP contribution in [0.25, 0.3) is 11.0 Å². The third-order valence-electron chi connectivity index (χ3n) is 2.51. The Balaban J connectivity index is 2.46. The minimum Gasteiger partial charge on any atom is -0.342 e. The van der Waals surface area contributed by atoms with Crippen LogP contribution in [0.1, 0.15) is 32.2 Å². The molecule has 0 radical (unpaired) electrons. The zero-order chi connectivity index (χ0) is 11.8. The molecule has 0 amide bonds. The van der Waals surface area contributed by atoms with E-state index in [2.05, 4.69) is 35.6 Å². The van der Waals surface area contributed by atoms with Crippen molar-refractivity contribution in [2.75, 3.05) is 0 Å². The van der Waals surface area contributed by atoms with Crippen LogP contribution in [-0.2, 0) is 16.9 Å².